The van der Waals surface area contributed by atoms with E-state index in [0.717, 1.165) is 44.4 Å². The van der Waals surface area contributed by atoms with Crippen molar-refractivity contribution in [2.45, 2.75) is 26.3 Å². The van der Waals surface area contributed by atoms with Gasteiger partial charge in [0.1, 0.15) is 11.5 Å². The van der Waals surface area contributed by atoms with Crippen LogP contribution in [0.1, 0.15) is 19.4 Å². The first-order valence-electron chi connectivity index (χ1n) is 9.67. The number of ether oxygens (including phenoxy) is 2. The van der Waals surface area contributed by atoms with Gasteiger partial charge in [0.25, 0.3) is 0 Å². The number of hydrogen-bond acceptors (Lipinski definition) is 5. The minimum Gasteiger partial charge on any atom is -0.508 e. The van der Waals surface area contributed by atoms with E-state index in [-0.39, 0.29) is 5.75 Å². The number of guanidine groups is 1. The fourth-order valence-electron chi connectivity index (χ4n) is 3.32. The molecule has 152 valence electrons. The minimum absolute atomic E-state index is 0.256. The number of benzene rings is 1. The van der Waals surface area contributed by atoms with Crippen LogP contribution in [-0.4, -0.2) is 75.6 Å². The predicted molar refractivity (Wildman–Crippen MR) is 109 cm³/mol. The van der Waals surface area contributed by atoms with E-state index in [1.54, 1.807) is 20.2 Å². The van der Waals surface area contributed by atoms with Crippen molar-refractivity contribution in [1.82, 2.24) is 15.5 Å². The van der Waals surface area contributed by atoms with Crippen LogP contribution < -0.4 is 15.4 Å². The quantitative estimate of drug-likeness (QED) is 0.470. The van der Waals surface area contributed by atoms with Crippen LogP contribution in [0.2, 0.25) is 0 Å². The van der Waals surface area contributed by atoms with Gasteiger partial charge >= 0.3 is 0 Å². The predicted octanol–water partition coefficient (Wildman–Crippen LogP) is 1.47. The van der Waals surface area contributed by atoms with Gasteiger partial charge in [0.2, 0.25) is 0 Å². The Labute approximate surface area is 162 Å². The van der Waals surface area contributed by atoms with E-state index < -0.39 is 0 Å². The van der Waals surface area contributed by atoms with Gasteiger partial charge in [-0.3, -0.25) is 9.89 Å². The average Bonchev–Trinajstić information content (AvgIpc) is 2.68. The van der Waals surface area contributed by atoms with Crippen LogP contribution >= 0.6 is 0 Å². The second-order valence-corrected chi connectivity index (χ2v) is 7.08. The van der Waals surface area contributed by atoms with Gasteiger partial charge in [-0.25, -0.2) is 0 Å². The molecule has 3 N–H and O–H groups in total. The van der Waals surface area contributed by atoms with E-state index in [1.807, 2.05) is 12.1 Å². The third kappa shape index (κ3) is 6.59. The highest BCUT2D eigenvalue weighted by atomic mass is 16.5. The summed E-state index contributed by atoms with van der Waals surface area (Å²) in [6, 6.07) is 5.83. The summed E-state index contributed by atoms with van der Waals surface area (Å²) in [5.74, 6) is 2.24. The van der Waals surface area contributed by atoms with Crippen molar-refractivity contribution in [3.05, 3.63) is 23.8 Å². The second-order valence-electron chi connectivity index (χ2n) is 7.08. The van der Waals surface area contributed by atoms with Crippen molar-refractivity contribution in [2.75, 3.05) is 53.6 Å². The van der Waals surface area contributed by atoms with Crippen LogP contribution in [0.3, 0.4) is 0 Å². The maximum absolute atomic E-state index is 10.1. The number of hydrogen-bond donors (Lipinski definition) is 3. The molecular weight excluding hydrogens is 344 g/mol. The smallest absolute Gasteiger partial charge is 0.191 e. The molecule has 1 aliphatic rings. The van der Waals surface area contributed by atoms with Crippen LogP contribution in [0.15, 0.2) is 23.2 Å². The Kier molecular flexibility index (Phi) is 8.67. The van der Waals surface area contributed by atoms with Crippen molar-refractivity contribution in [3.63, 3.8) is 0 Å². The van der Waals surface area contributed by atoms with E-state index in [2.05, 4.69) is 34.4 Å². The van der Waals surface area contributed by atoms with Crippen LogP contribution in [0, 0.1) is 5.92 Å². The number of nitrogens with zero attached hydrogens (tertiary/aromatic N) is 2. The van der Waals surface area contributed by atoms with Crippen LogP contribution in [0.25, 0.3) is 0 Å². The summed E-state index contributed by atoms with van der Waals surface area (Å²) in [6.45, 7) is 9.60. The number of methoxy groups -OCH3 is 1. The molecule has 1 saturated heterocycles. The molecule has 1 aromatic rings. The van der Waals surface area contributed by atoms with Gasteiger partial charge < -0.3 is 25.2 Å². The van der Waals surface area contributed by atoms with Gasteiger partial charge in [0, 0.05) is 45.3 Å². The van der Waals surface area contributed by atoms with Crippen LogP contribution in [0.5, 0.6) is 11.5 Å². The maximum Gasteiger partial charge on any atom is 0.191 e. The molecular formula is C20H34N4O3. The van der Waals surface area contributed by atoms with Crippen molar-refractivity contribution >= 4 is 5.96 Å². The summed E-state index contributed by atoms with van der Waals surface area (Å²) in [5.41, 5.74) is 0.882. The Morgan fingerprint density at radius 1 is 1.30 bits per heavy atom. The Morgan fingerprint density at radius 2 is 2.04 bits per heavy atom. The lowest BCUT2D eigenvalue weighted by Crippen LogP contribution is -2.52. The van der Waals surface area contributed by atoms with E-state index >= 15 is 0 Å². The van der Waals surface area contributed by atoms with E-state index in [0.29, 0.717) is 30.7 Å². The first kappa shape index (κ1) is 21.3. The van der Waals surface area contributed by atoms with Crippen molar-refractivity contribution in [1.29, 1.82) is 0 Å². The number of aliphatic imine (C=N–C) groups is 1. The molecule has 0 bridgehead atoms. The molecule has 27 heavy (non-hydrogen) atoms. The van der Waals surface area contributed by atoms with E-state index in [1.165, 1.54) is 0 Å². The van der Waals surface area contributed by atoms with Crippen LogP contribution in [0.4, 0.5) is 0 Å². The Bertz CT molecular complexity index is 601. The van der Waals surface area contributed by atoms with Gasteiger partial charge in [0.05, 0.1) is 20.3 Å². The zero-order valence-corrected chi connectivity index (χ0v) is 17.0. The van der Waals surface area contributed by atoms with Gasteiger partial charge in [-0.2, -0.15) is 0 Å². The first-order valence-corrected chi connectivity index (χ1v) is 9.67. The third-order valence-electron chi connectivity index (χ3n) is 4.97. The van der Waals surface area contributed by atoms with Gasteiger partial charge in [-0.05, 0) is 24.0 Å². The van der Waals surface area contributed by atoms with Crippen molar-refractivity contribution < 1.29 is 14.6 Å². The highest BCUT2D eigenvalue weighted by Gasteiger charge is 2.23. The summed E-state index contributed by atoms with van der Waals surface area (Å²) in [7, 11) is 3.37. The number of phenolic OH excluding ortho intramolecular Hbond substituents is 1. The molecule has 7 heteroatoms. The van der Waals surface area contributed by atoms with Gasteiger partial charge in [-0.1, -0.05) is 19.9 Å². The molecule has 1 fully saturated rings. The molecule has 1 atom stereocenters. The third-order valence-corrected chi connectivity index (χ3v) is 4.97. The molecule has 0 aromatic heterocycles. The largest absolute Gasteiger partial charge is 0.508 e. The Hall–Kier alpha value is -1.99. The zero-order chi connectivity index (χ0) is 19.6. The summed E-state index contributed by atoms with van der Waals surface area (Å²) in [5, 5.41) is 16.8. The Morgan fingerprint density at radius 3 is 2.63 bits per heavy atom. The molecule has 0 aliphatic carbocycles. The molecule has 1 aliphatic heterocycles. The molecule has 0 amide bonds. The number of nitrogens with one attached hydrogen (secondary N) is 2. The van der Waals surface area contributed by atoms with Crippen molar-refractivity contribution in [3.8, 4) is 11.5 Å². The SMILES string of the molecule is CN=C(NCCc1ccc(OC)cc1O)NCC(C(C)C)N1CCOCC1. The average molecular weight is 379 g/mol. The van der Waals surface area contributed by atoms with Crippen molar-refractivity contribution in [2.24, 2.45) is 10.9 Å². The summed E-state index contributed by atoms with van der Waals surface area (Å²) in [6.07, 6.45) is 0.702. The molecule has 0 radical (unpaired) electrons. The molecule has 1 unspecified atom stereocenters. The number of rotatable bonds is 8. The first-order chi connectivity index (χ1) is 13.0. The minimum atomic E-state index is 0.256. The number of phenols is 1. The fraction of sp³-hybridized carbons (Fsp3) is 0.650. The lowest BCUT2D eigenvalue weighted by Gasteiger charge is -2.37. The standard InChI is InChI=1S/C20H34N4O3/c1-15(2)18(24-9-11-27-12-10-24)14-23-20(21-3)22-8-7-16-5-6-17(26-4)13-19(16)25/h5-6,13,15,18,25H,7-12,14H2,1-4H3,(H2,21,22,23). The lowest BCUT2D eigenvalue weighted by atomic mass is 10.0. The Balaban J connectivity index is 1.80. The fourth-order valence-corrected chi connectivity index (χ4v) is 3.32. The number of morpholine rings is 1. The summed E-state index contributed by atoms with van der Waals surface area (Å²) in [4.78, 5) is 6.80. The normalized spacial score (nSPS) is 17.0. The highest BCUT2D eigenvalue weighted by Crippen LogP contribution is 2.23. The highest BCUT2D eigenvalue weighted by molar-refractivity contribution is 5.79. The molecule has 1 heterocycles. The number of aromatic hydroxyl groups is 1. The van der Waals surface area contributed by atoms with E-state index in [4.69, 9.17) is 9.47 Å². The van der Waals surface area contributed by atoms with E-state index in [9.17, 15) is 5.11 Å². The zero-order valence-electron chi connectivity index (χ0n) is 17.0. The van der Waals surface area contributed by atoms with Gasteiger partial charge in [0.15, 0.2) is 5.96 Å². The second kappa shape index (κ2) is 11.0. The molecule has 2 rings (SSSR count). The monoisotopic (exact) mass is 378 g/mol. The maximum atomic E-state index is 10.1. The molecule has 7 nitrogen and oxygen atoms in total. The lowest BCUT2D eigenvalue weighted by molar-refractivity contribution is 0.00752. The topological polar surface area (TPSA) is 78.4 Å². The van der Waals surface area contributed by atoms with Crippen LogP contribution in [-0.2, 0) is 11.2 Å². The van der Waals surface area contributed by atoms with Gasteiger partial charge in [-0.15, -0.1) is 0 Å². The molecule has 0 spiro atoms. The molecule has 1 aromatic carbocycles. The summed E-state index contributed by atoms with van der Waals surface area (Å²) < 4.78 is 10.6. The summed E-state index contributed by atoms with van der Waals surface area (Å²) >= 11 is 0. The molecule has 0 saturated carbocycles.